The third kappa shape index (κ3) is 3.61. The molecule has 4 N–H and O–H groups in total. The molecule has 0 saturated carbocycles. The van der Waals surface area contributed by atoms with Crippen molar-refractivity contribution >= 4 is 6.03 Å². The van der Waals surface area contributed by atoms with Crippen molar-refractivity contribution in [3.63, 3.8) is 0 Å². The van der Waals surface area contributed by atoms with Crippen LogP contribution in [0.3, 0.4) is 0 Å². The zero-order valence-electron chi connectivity index (χ0n) is 12.3. The van der Waals surface area contributed by atoms with E-state index in [-0.39, 0.29) is 5.41 Å². The van der Waals surface area contributed by atoms with E-state index in [1.54, 1.807) is 7.11 Å². The second-order valence-electron chi connectivity index (χ2n) is 5.35. The topological polar surface area (TPSA) is 76.4 Å². The number of rotatable bonds is 4. The third-order valence-electron chi connectivity index (χ3n) is 3.37. The Hall–Kier alpha value is -1.75. The first-order valence-electron chi connectivity index (χ1n) is 6.22. The Morgan fingerprint density at radius 3 is 2.42 bits per heavy atom. The Labute approximate surface area is 114 Å². The molecule has 0 fully saturated rings. The van der Waals surface area contributed by atoms with Gasteiger partial charge in [0.1, 0.15) is 5.75 Å². The highest BCUT2D eigenvalue weighted by molar-refractivity contribution is 5.73. The molecular formula is C14H23N3O2. The van der Waals surface area contributed by atoms with Gasteiger partial charge in [0.25, 0.3) is 0 Å². The SMILES string of the molecule is COc1cc(C)c(C)cc1C(C)(C)CNC(=O)NN. The van der Waals surface area contributed by atoms with Gasteiger partial charge in [-0.1, -0.05) is 19.9 Å². The molecule has 0 saturated heterocycles. The number of carbonyl (C=O) groups is 1. The lowest BCUT2D eigenvalue weighted by Gasteiger charge is -2.28. The summed E-state index contributed by atoms with van der Waals surface area (Å²) in [6.07, 6.45) is 0. The van der Waals surface area contributed by atoms with E-state index in [2.05, 4.69) is 44.5 Å². The number of aryl methyl sites for hydroxylation is 2. The standard InChI is InChI=1S/C14H23N3O2/c1-9-6-11(12(19-5)7-10(9)2)14(3,4)8-16-13(18)17-15/h6-7H,8,15H2,1-5H3,(H2,16,17,18). The van der Waals surface area contributed by atoms with Gasteiger partial charge < -0.3 is 10.1 Å². The lowest BCUT2D eigenvalue weighted by atomic mass is 9.82. The van der Waals surface area contributed by atoms with Crippen LogP contribution in [-0.4, -0.2) is 19.7 Å². The lowest BCUT2D eigenvalue weighted by Crippen LogP contribution is -2.45. The molecule has 0 aromatic heterocycles. The second-order valence-corrected chi connectivity index (χ2v) is 5.35. The largest absolute Gasteiger partial charge is 0.496 e. The molecule has 0 heterocycles. The van der Waals surface area contributed by atoms with E-state index >= 15 is 0 Å². The molecule has 5 nitrogen and oxygen atoms in total. The highest BCUT2D eigenvalue weighted by atomic mass is 16.5. The highest BCUT2D eigenvalue weighted by Crippen LogP contribution is 2.33. The summed E-state index contributed by atoms with van der Waals surface area (Å²) < 4.78 is 5.45. The lowest BCUT2D eigenvalue weighted by molar-refractivity contribution is 0.238. The molecule has 0 aliphatic rings. The normalized spacial score (nSPS) is 11.1. The Kier molecular flexibility index (Phi) is 4.78. The Morgan fingerprint density at radius 2 is 1.89 bits per heavy atom. The molecule has 0 aliphatic heterocycles. The van der Waals surface area contributed by atoms with E-state index < -0.39 is 6.03 Å². The molecule has 1 rings (SSSR count). The van der Waals surface area contributed by atoms with Crippen molar-refractivity contribution in [3.05, 3.63) is 28.8 Å². The molecule has 2 amide bonds. The summed E-state index contributed by atoms with van der Waals surface area (Å²) in [5.74, 6) is 5.89. The fourth-order valence-electron chi connectivity index (χ4n) is 1.93. The second kappa shape index (κ2) is 5.93. The Balaban J connectivity index is 3.05. The summed E-state index contributed by atoms with van der Waals surface area (Å²) in [6.45, 7) is 8.69. The van der Waals surface area contributed by atoms with E-state index in [1.807, 2.05) is 6.07 Å². The first-order valence-corrected chi connectivity index (χ1v) is 6.22. The zero-order valence-corrected chi connectivity index (χ0v) is 12.3. The van der Waals surface area contributed by atoms with Gasteiger partial charge in [0.05, 0.1) is 7.11 Å². The molecule has 106 valence electrons. The van der Waals surface area contributed by atoms with Gasteiger partial charge in [-0.05, 0) is 31.0 Å². The zero-order chi connectivity index (χ0) is 14.6. The average molecular weight is 265 g/mol. The first-order chi connectivity index (χ1) is 8.81. The average Bonchev–Trinajstić information content (AvgIpc) is 2.38. The number of nitrogens with two attached hydrogens (primary N) is 1. The number of hydrazine groups is 1. The van der Waals surface area contributed by atoms with Crippen LogP contribution in [0.5, 0.6) is 5.75 Å². The number of nitrogens with one attached hydrogen (secondary N) is 2. The van der Waals surface area contributed by atoms with Crippen LogP contribution in [0, 0.1) is 13.8 Å². The molecule has 1 aromatic carbocycles. The number of carbonyl (C=O) groups excluding carboxylic acids is 1. The van der Waals surface area contributed by atoms with Gasteiger partial charge in [-0.25, -0.2) is 10.6 Å². The third-order valence-corrected chi connectivity index (χ3v) is 3.37. The molecular weight excluding hydrogens is 242 g/mol. The van der Waals surface area contributed by atoms with Crippen LogP contribution in [0.1, 0.15) is 30.5 Å². The van der Waals surface area contributed by atoms with Crippen LogP contribution in [0.15, 0.2) is 12.1 Å². The number of ether oxygens (including phenoxy) is 1. The van der Waals surface area contributed by atoms with Gasteiger partial charge in [0, 0.05) is 17.5 Å². The minimum Gasteiger partial charge on any atom is -0.496 e. The molecule has 19 heavy (non-hydrogen) atoms. The number of amides is 2. The van der Waals surface area contributed by atoms with Gasteiger partial charge in [-0.2, -0.15) is 0 Å². The molecule has 0 radical (unpaired) electrons. The minimum atomic E-state index is -0.393. The highest BCUT2D eigenvalue weighted by Gasteiger charge is 2.25. The maximum Gasteiger partial charge on any atom is 0.328 e. The molecule has 0 atom stereocenters. The van der Waals surface area contributed by atoms with Gasteiger partial charge in [0.15, 0.2) is 0 Å². The van der Waals surface area contributed by atoms with E-state index in [1.165, 1.54) is 11.1 Å². The molecule has 0 unspecified atom stereocenters. The van der Waals surface area contributed by atoms with Crippen LogP contribution in [0.25, 0.3) is 0 Å². The maximum atomic E-state index is 11.2. The predicted octanol–water partition coefficient (Wildman–Crippen LogP) is 1.76. The number of benzene rings is 1. The first kappa shape index (κ1) is 15.3. The van der Waals surface area contributed by atoms with Crippen LogP contribution in [-0.2, 0) is 5.41 Å². The molecule has 0 spiro atoms. The number of urea groups is 1. The minimum absolute atomic E-state index is 0.254. The monoisotopic (exact) mass is 265 g/mol. The maximum absolute atomic E-state index is 11.2. The predicted molar refractivity (Wildman–Crippen MR) is 76.2 cm³/mol. The van der Waals surface area contributed by atoms with Crippen LogP contribution in [0.2, 0.25) is 0 Å². The smallest absolute Gasteiger partial charge is 0.328 e. The van der Waals surface area contributed by atoms with Crippen molar-refractivity contribution in [3.8, 4) is 5.75 Å². The summed E-state index contributed by atoms with van der Waals surface area (Å²) in [5, 5.41) is 2.73. The van der Waals surface area contributed by atoms with E-state index in [0.29, 0.717) is 6.54 Å². The van der Waals surface area contributed by atoms with E-state index in [4.69, 9.17) is 10.6 Å². The molecule has 0 bridgehead atoms. The summed E-state index contributed by atoms with van der Waals surface area (Å²) in [5.41, 5.74) is 5.25. The summed E-state index contributed by atoms with van der Waals surface area (Å²) in [4.78, 5) is 11.2. The fourth-order valence-corrected chi connectivity index (χ4v) is 1.93. The Bertz CT molecular complexity index is 470. The van der Waals surface area contributed by atoms with Crippen LogP contribution in [0.4, 0.5) is 4.79 Å². The van der Waals surface area contributed by atoms with Crippen molar-refractivity contribution in [2.45, 2.75) is 33.1 Å². The summed E-state index contributed by atoms with van der Waals surface area (Å²) in [7, 11) is 1.66. The van der Waals surface area contributed by atoms with Gasteiger partial charge in [-0.3, -0.25) is 5.43 Å². The van der Waals surface area contributed by atoms with Gasteiger partial charge in [0.2, 0.25) is 0 Å². The fraction of sp³-hybridized carbons (Fsp3) is 0.500. The van der Waals surface area contributed by atoms with Crippen molar-refractivity contribution in [2.75, 3.05) is 13.7 Å². The van der Waals surface area contributed by atoms with Crippen molar-refractivity contribution in [1.29, 1.82) is 0 Å². The van der Waals surface area contributed by atoms with Gasteiger partial charge >= 0.3 is 6.03 Å². The Morgan fingerprint density at radius 1 is 1.32 bits per heavy atom. The summed E-state index contributed by atoms with van der Waals surface area (Å²) in [6, 6.07) is 3.74. The van der Waals surface area contributed by atoms with Gasteiger partial charge in [-0.15, -0.1) is 0 Å². The van der Waals surface area contributed by atoms with Crippen LogP contribution >= 0.6 is 0 Å². The molecule has 5 heteroatoms. The molecule has 1 aromatic rings. The number of methoxy groups -OCH3 is 1. The van der Waals surface area contributed by atoms with E-state index in [9.17, 15) is 4.79 Å². The summed E-state index contributed by atoms with van der Waals surface area (Å²) >= 11 is 0. The van der Waals surface area contributed by atoms with Crippen molar-refractivity contribution < 1.29 is 9.53 Å². The van der Waals surface area contributed by atoms with E-state index in [0.717, 1.165) is 11.3 Å². The van der Waals surface area contributed by atoms with Crippen molar-refractivity contribution in [1.82, 2.24) is 10.7 Å². The van der Waals surface area contributed by atoms with Crippen LogP contribution < -0.4 is 21.3 Å². The number of hydrogen-bond donors (Lipinski definition) is 3. The molecule has 0 aliphatic carbocycles. The quantitative estimate of drug-likeness (QED) is 0.441. The number of hydrogen-bond acceptors (Lipinski definition) is 3. The van der Waals surface area contributed by atoms with Crippen molar-refractivity contribution in [2.24, 2.45) is 5.84 Å².